The molecule has 0 radical (unpaired) electrons. The summed E-state index contributed by atoms with van der Waals surface area (Å²) >= 11 is 0. The summed E-state index contributed by atoms with van der Waals surface area (Å²) in [5.41, 5.74) is 0.425. The third-order valence-electron chi connectivity index (χ3n) is 3.78. The number of fused-ring (bicyclic) bond motifs is 1. The molecule has 1 aliphatic heterocycles. The SMILES string of the molecule is Cc1cc2c(cc1S(=O)(=O)N(C)CC(=O)NC(C)(C)C)O[C@H](C)C(=O)N2. The second-order valence-electron chi connectivity index (χ2n) is 7.42. The molecule has 0 spiro atoms. The van der Waals surface area contributed by atoms with Gasteiger partial charge in [0.1, 0.15) is 5.75 Å². The van der Waals surface area contributed by atoms with Crippen LogP contribution in [0.4, 0.5) is 5.69 Å². The minimum absolute atomic E-state index is 0.0330. The fourth-order valence-electron chi connectivity index (χ4n) is 2.53. The molecule has 0 fully saturated rings. The van der Waals surface area contributed by atoms with Crippen LogP contribution >= 0.6 is 0 Å². The van der Waals surface area contributed by atoms with Crippen LogP contribution in [0.5, 0.6) is 5.75 Å². The normalized spacial score (nSPS) is 17.3. The van der Waals surface area contributed by atoms with Gasteiger partial charge in [0, 0.05) is 18.7 Å². The highest BCUT2D eigenvalue weighted by Crippen LogP contribution is 2.35. The Hall–Kier alpha value is -2.13. The Labute approximate surface area is 153 Å². The van der Waals surface area contributed by atoms with E-state index < -0.39 is 27.6 Å². The first-order chi connectivity index (χ1) is 11.8. The van der Waals surface area contributed by atoms with Gasteiger partial charge >= 0.3 is 0 Å². The molecule has 0 aliphatic carbocycles. The second kappa shape index (κ2) is 6.88. The molecule has 8 nitrogen and oxygen atoms in total. The van der Waals surface area contributed by atoms with Crippen molar-refractivity contribution in [3.8, 4) is 5.75 Å². The lowest BCUT2D eigenvalue weighted by molar-refractivity contribution is -0.123. The molecule has 144 valence electrons. The topological polar surface area (TPSA) is 105 Å². The number of ether oxygens (including phenoxy) is 1. The van der Waals surface area contributed by atoms with Crippen molar-refractivity contribution in [2.24, 2.45) is 0 Å². The van der Waals surface area contributed by atoms with Crippen LogP contribution in [0.15, 0.2) is 17.0 Å². The predicted octanol–water partition coefficient (Wildman–Crippen LogP) is 1.25. The number of sulfonamides is 1. The predicted molar refractivity (Wildman–Crippen MR) is 97.6 cm³/mol. The number of amides is 2. The van der Waals surface area contributed by atoms with Crippen molar-refractivity contribution in [3.63, 3.8) is 0 Å². The van der Waals surface area contributed by atoms with E-state index in [2.05, 4.69) is 10.6 Å². The number of carbonyl (C=O) groups excluding carboxylic acids is 2. The van der Waals surface area contributed by atoms with Gasteiger partial charge in [0.2, 0.25) is 15.9 Å². The van der Waals surface area contributed by atoms with Crippen LogP contribution in [0.1, 0.15) is 33.3 Å². The average Bonchev–Trinajstić information content (AvgIpc) is 2.46. The summed E-state index contributed by atoms with van der Waals surface area (Å²) in [5, 5.41) is 5.41. The summed E-state index contributed by atoms with van der Waals surface area (Å²) < 4.78 is 32.3. The summed E-state index contributed by atoms with van der Waals surface area (Å²) in [6.45, 7) is 8.36. The van der Waals surface area contributed by atoms with Gasteiger partial charge < -0.3 is 15.4 Å². The Morgan fingerprint density at radius 1 is 1.35 bits per heavy atom. The quantitative estimate of drug-likeness (QED) is 0.814. The summed E-state index contributed by atoms with van der Waals surface area (Å²) in [5.74, 6) is -0.395. The molecule has 1 atom stereocenters. The number of rotatable bonds is 4. The van der Waals surface area contributed by atoms with Crippen molar-refractivity contribution in [3.05, 3.63) is 17.7 Å². The van der Waals surface area contributed by atoms with Crippen LogP contribution in [-0.4, -0.2) is 49.8 Å². The first kappa shape index (κ1) is 20.2. The number of likely N-dealkylation sites (N-methyl/N-ethyl adjacent to an activating group) is 1. The van der Waals surface area contributed by atoms with E-state index in [1.165, 1.54) is 13.1 Å². The molecule has 26 heavy (non-hydrogen) atoms. The molecular weight excluding hydrogens is 358 g/mol. The van der Waals surface area contributed by atoms with Crippen molar-refractivity contribution in [1.29, 1.82) is 0 Å². The van der Waals surface area contributed by atoms with E-state index in [1.807, 2.05) is 20.8 Å². The monoisotopic (exact) mass is 383 g/mol. The van der Waals surface area contributed by atoms with Crippen molar-refractivity contribution in [2.45, 2.75) is 51.2 Å². The molecule has 0 aromatic heterocycles. The van der Waals surface area contributed by atoms with Crippen LogP contribution in [0, 0.1) is 6.92 Å². The van der Waals surface area contributed by atoms with Crippen molar-refractivity contribution >= 4 is 27.5 Å². The number of anilines is 1. The molecule has 2 N–H and O–H groups in total. The Morgan fingerprint density at radius 2 is 1.96 bits per heavy atom. The maximum atomic E-state index is 12.9. The summed E-state index contributed by atoms with van der Waals surface area (Å²) in [6, 6.07) is 2.93. The minimum atomic E-state index is -3.90. The summed E-state index contributed by atoms with van der Waals surface area (Å²) in [4.78, 5) is 23.8. The van der Waals surface area contributed by atoms with E-state index in [9.17, 15) is 18.0 Å². The number of nitrogens with zero attached hydrogens (tertiary/aromatic N) is 1. The van der Waals surface area contributed by atoms with Gasteiger partial charge in [-0.3, -0.25) is 9.59 Å². The Bertz CT molecular complexity index is 843. The molecular formula is C17H25N3O5S. The van der Waals surface area contributed by atoms with Crippen molar-refractivity contribution in [1.82, 2.24) is 9.62 Å². The highest BCUT2D eigenvalue weighted by Gasteiger charge is 2.30. The molecule has 0 unspecified atom stereocenters. The van der Waals surface area contributed by atoms with Crippen LogP contribution < -0.4 is 15.4 Å². The van der Waals surface area contributed by atoms with E-state index >= 15 is 0 Å². The van der Waals surface area contributed by atoms with Crippen LogP contribution in [-0.2, 0) is 19.6 Å². The van der Waals surface area contributed by atoms with E-state index in [-0.39, 0.29) is 23.1 Å². The van der Waals surface area contributed by atoms with Crippen molar-refractivity contribution in [2.75, 3.05) is 18.9 Å². The molecule has 2 amide bonds. The first-order valence-electron chi connectivity index (χ1n) is 8.21. The largest absolute Gasteiger partial charge is 0.479 e. The van der Waals surface area contributed by atoms with E-state index in [4.69, 9.17) is 4.74 Å². The van der Waals surface area contributed by atoms with Gasteiger partial charge in [0.15, 0.2) is 6.10 Å². The Balaban J connectivity index is 2.30. The standard InChI is InChI=1S/C17H25N3O5S/c1-10-7-12-13(25-11(2)16(22)18-12)8-14(10)26(23,24)20(6)9-15(21)19-17(3,4)5/h7-8,11H,9H2,1-6H3,(H,18,22)(H,19,21)/t11-/m1/s1. The van der Waals surface area contributed by atoms with Crippen molar-refractivity contribution < 1.29 is 22.7 Å². The summed E-state index contributed by atoms with van der Waals surface area (Å²) in [6.07, 6.45) is -0.712. The fraction of sp³-hybridized carbons (Fsp3) is 0.529. The highest BCUT2D eigenvalue weighted by molar-refractivity contribution is 7.89. The van der Waals surface area contributed by atoms with Gasteiger partial charge in [-0.05, 0) is 46.2 Å². The zero-order chi connectivity index (χ0) is 19.9. The fourth-order valence-corrected chi connectivity index (χ4v) is 3.88. The number of hydrogen-bond acceptors (Lipinski definition) is 5. The molecule has 1 heterocycles. The molecule has 0 saturated carbocycles. The third kappa shape index (κ3) is 4.34. The maximum Gasteiger partial charge on any atom is 0.265 e. The number of nitrogens with one attached hydrogen (secondary N) is 2. The molecule has 9 heteroatoms. The zero-order valence-corrected chi connectivity index (χ0v) is 16.7. The zero-order valence-electron chi connectivity index (χ0n) is 15.8. The molecule has 1 aromatic carbocycles. The lowest BCUT2D eigenvalue weighted by Crippen LogP contribution is -2.46. The van der Waals surface area contributed by atoms with E-state index in [1.54, 1.807) is 19.9 Å². The number of hydrogen-bond donors (Lipinski definition) is 2. The number of carbonyl (C=O) groups is 2. The van der Waals surface area contributed by atoms with Gasteiger partial charge in [-0.15, -0.1) is 0 Å². The van der Waals surface area contributed by atoms with Crippen LogP contribution in [0.2, 0.25) is 0 Å². The Morgan fingerprint density at radius 3 is 2.54 bits per heavy atom. The van der Waals surface area contributed by atoms with Crippen LogP contribution in [0.25, 0.3) is 0 Å². The smallest absolute Gasteiger partial charge is 0.265 e. The first-order valence-corrected chi connectivity index (χ1v) is 9.65. The molecule has 0 saturated heterocycles. The van der Waals surface area contributed by atoms with Gasteiger partial charge in [-0.2, -0.15) is 4.31 Å². The average molecular weight is 383 g/mol. The van der Waals surface area contributed by atoms with E-state index in [0.717, 1.165) is 4.31 Å². The third-order valence-corrected chi connectivity index (χ3v) is 5.72. The molecule has 1 aliphatic rings. The lowest BCUT2D eigenvalue weighted by atomic mass is 10.1. The van der Waals surface area contributed by atoms with E-state index in [0.29, 0.717) is 11.3 Å². The number of benzene rings is 1. The lowest BCUT2D eigenvalue weighted by Gasteiger charge is -2.26. The molecule has 2 rings (SSSR count). The molecule has 0 bridgehead atoms. The van der Waals surface area contributed by atoms with Gasteiger partial charge in [0.05, 0.1) is 17.1 Å². The Kier molecular flexibility index (Phi) is 5.34. The second-order valence-corrected chi connectivity index (χ2v) is 9.44. The van der Waals surface area contributed by atoms with Gasteiger partial charge in [-0.25, -0.2) is 8.42 Å². The maximum absolute atomic E-state index is 12.9. The highest BCUT2D eigenvalue weighted by atomic mass is 32.2. The van der Waals surface area contributed by atoms with Gasteiger partial charge in [0.25, 0.3) is 5.91 Å². The number of aryl methyl sites for hydroxylation is 1. The van der Waals surface area contributed by atoms with Crippen LogP contribution in [0.3, 0.4) is 0 Å². The minimum Gasteiger partial charge on any atom is -0.479 e. The molecule has 1 aromatic rings. The van der Waals surface area contributed by atoms with Gasteiger partial charge in [-0.1, -0.05) is 0 Å². The summed E-state index contributed by atoms with van der Waals surface area (Å²) in [7, 11) is -2.56.